The van der Waals surface area contributed by atoms with Crippen molar-refractivity contribution in [2.75, 3.05) is 18.2 Å². The molecule has 1 amide bonds. The van der Waals surface area contributed by atoms with Gasteiger partial charge in [0.05, 0.1) is 23.6 Å². The first-order valence-corrected chi connectivity index (χ1v) is 11.2. The fourth-order valence-corrected chi connectivity index (χ4v) is 4.45. The summed E-state index contributed by atoms with van der Waals surface area (Å²) < 4.78 is 6.15. The molecule has 1 aromatic carbocycles. The summed E-state index contributed by atoms with van der Waals surface area (Å²) in [4.78, 5) is 21.2. The normalized spacial score (nSPS) is 10.6. The largest absolute Gasteiger partial charge is 0.380 e. The van der Waals surface area contributed by atoms with Gasteiger partial charge in [0, 0.05) is 28.2 Å². The molecule has 148 valence electrons. The predicted molar refractivity (Wildman–Crippen MR) is 119 cm³/mol. The summed E-state index contributed by atoms with van der Waals surface area (Å²) in [6.07, 6.45) is 0. The number of halogens is 1. The van der Waals surface area contributed by atoms with Crippen LogP contribution in [0.1, 0.15) is 16.8 Å². The van der Waals surface area contributed by atoms with Gasteiger partial charge in [-0.15, -0.1) is 11.3 Å². The monoisotopic (exact) mass is 488 g/mol. The molecule has 0 unspecified atom stereocenters. The van der Waals surface area contributed by atoms with E-state index in [0.29, 0.717) is 22.3 Å². The highest BCUT2D eigenvalue weighted by Gasteiger charge is 2.15. The Morgan fingerprint density at radius 3 is 2.79 bits per heavy atom. The highest BCUT2D eigenvalue weighted by atomic mass is 79.9. The minimum absolute atomic E-state index is 0.130. The Labute approximate surface area is 185 Å². The first-order chi connectivity index (χ1) is 14.0. The van der Waals surface area contributed by atoms with Gasteiger partial charge < -0.3 is 10.1 Å². The SMILES string of the molecule is COCc1cc(C)nc(SCC(=O)Nc2nc(-c3ccc(Br)cc3)cs2)c1C#N. The molecule has 1 N–H and O–H groups in total. The summed E-state index contributed by atoms with van der Waals surface area (Å²) >= 11 is 6.01. The summed E-state index contributed by atoms with van der Waals surface area (Å²) in [6.45, 7) is 2.17. The molecule has 2 aromatic heterocycles. The van der Waals surface area contributed by atoms with Crippen LogP contribution in [0.3, 0.4) is 0 Å². The van der Waals surface area contributed by atoms with Crippen LogP contribution in [0.25, 0.3) is 11.3 Å². The van der Waals surface area contributed by atoms with Gasteiger partial charge in [-0.05, 0) is 30.7 Å². The molecule has 0 saturated heterocycles. The molecule has 9 heteroatoms. The van der Waals surface area contributed by atoms with Gasteiger partial charge in [-0.3, -0.25) is 4.79 Å². The van der Waals surface area contributed by atoms with E-state index >= 15 is 0 Å². The number of thioether (sulfide) groups is 1. The number of rotatable bonds is 7. The van der Waals surface area contributed by atoms with E-state index in [0.717, 1.165) is 27.0 Å². The lowest BCUT2D eigenvalue weighted by atomic mass is 10.1. The lowest BCUT2D eigenvalue weighted by molar-refractivity contribution is -0.113. The van der Waals surface area contributed by atoms with Gasteiger partial charge in [0.15, 0.2) is 5.13 Å². The number of ether oxygens (including phenoxy) is 1. The molecule has 0 saturated carbocycles. The second-order valence-electron chi connectivity index (χ2n) is 6.03. The molecular formula is C20H17BrN4O2S2. The van der Waals surface area contributed by atoms with Crippen molar-refractivity contribution < 1.29 is 9.53 Å². The molecule has 3 rings (SSSR count). The van der Waals surface area contributed by atoms with Gasteiger partial charge in [0.25, 0.3) is 0 Å². The van der Waals surface area contributed by atoms with Gasteiger partial charge in [-0.1, -0.05) is 39.8 Å². The standard InChI is InChI=1S/C20H17BrN4O2S2/c1-12-7-14(9-27-2)16(8-22)19(23-12)28-11-18(26)25-20-24-17(10-29-20)13-3-5-15(21)6-4-13/h3-7,10H,9,11H2,1-2H3,(H,24,25,26). The molecule has 0 atom stereocenters. The third kappa shape index (κ3) is 5.64. The quantitative estimate of drug-likeness (QED) is 0.469. The fraction of sp³-hybridized carbons (Fsp3) is 0.200. The Morgan fingerprint density at radius 2 is 2.10 bits per heavy atom. The number of hydrogen-bond donors (Lipinski definition) is 1. The molecule has 0 bridgehead atoms. The second kappa shape index (κ2) is 9.98. The van der Waals surface area contributed by atoms with Crippen LogP contribution in [0, 0.1) is 18.3 Å². The number of methoxy groups -OCH3 is 1. The van der Waals surface area contributed by atoms with Crippen molar-refractivity contribution >= 4 is 50.1 Å². The zero-order valence-corrected chi connectivity index (χ0v) is 18.9. The average molecular weight is 489 g/mol. The molecule has 29 heavy (non-hydrogen) atoms. The number of nitrogens with zero attached hydrogens (tertiary/aromatic N) is 3. The summed E-state index contributed by atoms with van der Waals surface area (Å²) in [5.41, 5.74) is 3.78. The maximum atomic E-state index is 12.4. The molecule has 6 nitrogen and oxygen atoms in total. The molecular weight excluding hydrogens is 472 g/mol. The maximum Gasteiger partial charge on any atom is 0.236 e. The number of benzene rings is 1. The van der Waals surface area contributed by atoms with Crippen LogP contribution in [-0.4, -0.2) is 28.7 Å². The van der Waals surface area contributed by atoms with Gasteiger partial charge in [0.1, 0.15) is 11.1 Å². The molecule has 0 radical (unpaired) electrons. The van der Waals surface area contributed by atoms with Crippen LogP contribution >= 0.6 is 39.0 Å². The van der Waals surface area contributed by atoms with Crippen LogP contribution < -0.4 is 5.32 Å². The van der Waals surface area contributed by atoms with Crippen LogP contribution in [0.2, 0.25) is 0 Å². The van der Waals surface area contributed by atoms with Crippen LogP contribution in [0.4, 0.5) is 5.13 Å². The zero-order valence-electron chi connectivity index (χ0n) is 15.7. The molecule has 0 aliphatic rings. The zero-order chi connectivity index (χ0) is 20.8. The van der Waals surface area contributed by atoms with Crippen LogP contribution in [0.15, 0.2) is 45.2 Å². The van der Waals surface area contributed by atoms with Crippen molar-refractivity contribution in [3.8, 4) is 17.3 Å². The highest BCUT2D eigenvalue weighted by Crippen LogP contribution is 2.27. The number of aryl methyl sites for hydroxylation is 1. The number of pyridine rings is 1. The van der Waals surface area contributed by atoms with Gasteiger partial charge in [-0.2, -0.15) is 5.26 Å². The van der Waals surface area contributed by atoms with E-state index < -0.39 is 0 Å². The van der Waals surface area contributed by atoms with Crippen molar-refractivity contribution in [2.24, 2.45) is 0 Å². The lowest BCUT2D eigenvalue weighted by Crippen LogP contribution is -2.14. The summed E-state index contributed by atoms with van der Waals surface area (Å²) in [5, 5.41) is 15.3. The second-order valence-corrected chi connectivity index (χ2v) is 8.77. The molecule has 2 heterocycles. The molecule has 3 aromatic rings. The van der Waals surface area contributed by atoms with E-state index in [1.165, 1.54) is 23.1 Å². The highest BCUT2D eigenvalue weighted by molar-refractivity contribution is 9.10. The molecule has 0 aliphatic carbocycles. The lowest BCUT2D eigenvalue weighted by Gasteiger charge is -2.09. The number of thiazole rings is 1. The van der Waals surface area contributed by atoms with Crippen molar-refractivity contribution in [1.82, 2.24) is 9.97 Å². The van der Waals surface area contributed by atoms with E-state index in [9.17, 15) is 10.1 Å². The van der Waals surface area contributed by atoms with Crippen LogP contribution in [0.5, 0.6) is 0 Å². The van der Waals surface area contributed by atoms with Crippen molar-refractivity contribution in [2.45, 2.75) is 18.6 Å². The predicted octanol–water partition coefficient (Wildman–Crippen LogP) is 5.02. The van der Waals surface area contributed by atoms with Gasteiger partial charge in [0.2, 0.25) is 5.91 Å². The third-order valence-corrected chi connectivity index (χ3v) is 6.10. The smallest absolute Gasteiger partial charge is 0.236 e. The summed E-state index contributed by atoms with van der Waals surface area (Å²) in [7, 11) is 1.58. The molecule has 0 spiro atoms. The Morgan fingerprint density at radius 1 is 1.34 bits per heavy atom. The Balaban J connectivity index is 1.65. The van der Waals surface area contributed by atoms with Crippen molar-refractivity contribution in [3.63, 3.8) is 0 Å². The average Bonchev–Trinajstić information content (AvgIpc) is 3.15. The fourth-order valence-electron chi connectivity index (χ4n) is 2.58. The number of carbonyl (C=O) groups excluding carboxylic acids is 1. The summed E-state index contributed by atoms with van der Waals surface area (Å²) in [6, 6.07) is 11.8. The first kappa shape index (κ1) is 21.5. The Kier molecular flexibility index (Phi) is 7.39. The van der Waals surface area contributed by atoms with E-state index in [1.807, 2.05) is 42.6 Å². The molecule has 0 fully saturated rings. The maximum absolute atomic E-state index is 12.4. The van der Waals surface area contributed by atoms with Gasteiger partial charge in [-0.25, -0.2) is 9.97 Å². The number of nitriles is 1. The third-order valence-electron chi connectivity index (χ3n) is 3.84. The Bertz CT molecular complexity index is 1060. The minimum Gasteiger partial charge on any atom is -0.380 e. The minimum atomic E-state index is -0.202. The topological polar surface area (TPSA) is 87.9 Å². The number of hydrogen-bond acceptors (Lipinski definition) is 7. The number of amides is 1. The molecule has 0 aliphatic heterocycles. The number of nitrogens with one attached hydrogen (secondary N) is 1. The number of anilines is 1. The van der Waals surface area contributed by atoms with E-state index in [-0.39, 0.29) is 11.7 Å². The number of carbonyl (C=O) groups is 1. The first-order valence-electron chi connectivity index (χ1n) is 8.54. The van der Waals surface area contributed by atoms with Crippen LogP contribution in [-0.2, 0) is 16.1 Å². The Hall–Kier alpha value is -2.25. The van der Waals surface area contributed by atoms with E-state index in [4.69, 9.17) is 4.74 Å². The number of aromatic nitrogens is 2. The van der Waals surface area contributed by atoms with Gasteiger partial charge >= 0.3 is 0 Å². The van der Waals surface area contributed by atoms with Crippen molar-refractivity contribution in [1.29, 1.82) is 5.26 Å². The van der Waals surface area contributed by atoms with E-state index in [1.54, 1.807) is 7.11 Å². The van der Waals surface area contributed by atoms with E-state index in [2.05, 4.69) is 37.3 Å². The van der Waals surface area contributed by atoms with Crippen molar-refractivity contribution in [3.05, 3.63) is 57.0 Å². The summed E-state index contributed by atoms with van der Waals surface area (Å²) in [5.74, 6) is -0.0720.